The Hall–Kier alpha value is -1.88. The van der Waals surface area contributed by atoms with Crippen molar-refractivity contribution in [2.45, 2.75) is 25.3 Å². The van der Waals surface area contributed by atoms with E-state index in [1.54, 1.807) is 0 Å². The van der Waals surface area contributed by atoms with Gasteiger partial charge in [-0.2, -0.15) is 0 Å². The quantitative estimate of drug-likeness (QED) is 0.794. The Labute approximate surface area is 137 Å². The summed E-state index contributed by atoms with van der Waals surface area (Å²) in [7, 11) is 3.48. The first-order valence-corrected chi connectivity index (χ1v) is 8.24. The molecule has 3 rings (SSSR count). The summed E-state index contributed by atoms with van der Waals surface area (Å²) in [6, 6.07) is 7.67. The number of hydrogen-bond donors (Lipinski definition) is 0. The number of ether oxygens (including phenoxy) is 1. The van der Waals surface area contributed by atoms with Gasteiger partial charge in [0.2, 0.25) is 0 Å². The third-order valence-corrected chi connectivity index (χ3v) is 5.14. The Morgan fingerprint density at radius 2 is 1.96 bits per heavy atom. The number of benzene rings is 1. The van der Waals surface area contributed by atoms with Crippen LogP contribution in [-0.4, -0.2) is 61.5 Å². The molecule has 0 bridgehead atoms. The first-order valence-electron chi connectivity index (χ1n) is 8.24. The number of likely N-dealkylation sites (N-methyl/N-ethyl adjacent to an activating group) is 1. The Bertz CT molecular complexity index is 602. The molecule has 5 nitrogen and oxygen atoms in total. The SMILES string of the molecule is COC(=O)Cc1ccccc1C(=O)N1CC[C@@H]2CCN(C)C[C@H]21. The average molecular weight is 316 g/mol. The van der Waals surface area contributed by atoms with Crippen molar-refractivity contribution in [3.8, 4) is 0 Å². The summed E-state index contributed by atoms with van der Waals surface area (Å²) in [4.78, 5) is 29.0. The summed E-state index contributed by atoms with van der Waals surface area (Å²) >= 11 is 0. The van der Waals surface area contributed by atoms with E-state index in [9.17, 15) is 9.59 Å². The Morgan fingerprint density at radius 1 is 1.22 bits per heavy atom. The van der Waals surface area contributed by atoms with Gasteiger partial charge in [0.05, 0.1) is 13.5 Å². The molecule has 2 aliphatic heterocycles. The topological polar surface area (TPSA) is 49.9 Å². The van der Waals surface area contributed by atoms with E-state index in [0.717, 1.165) is 38.0 Å². The van der Waals surface area contributed by atoms with Crippen molar-refractivity contribution < 1.29 is 14.3 Å². The van der Waals surface area contributed by atoms with E-state index in [2.05, 4.69) is 11.9 Å². The maximum absolute atomic E-state index is 13.1. The van der Waals surface area contributed by atoms with Crippen LogP contribution in [0.3, 0.4) is 0 Å². The van der Waals surface area contributed by atoms with Crippen molar-refractivity contribution in [3.63, 3.8) is 0 Å². The molecule has 0 N–H and O–H groups in total. The lowest BCUT2D eigenvalue weighted by atomic mass is 9.92. The number of carbonyl (C=O) groups excluding carboxylic acids is 2. The smallest absolute Gasteiger partial charge is 0.310 e. The van der Waals surface area contributed by atoms with Gasteiger partial charge in [-0.15, -0.1) is 0 Å². The number of nitrogens with zero attached hydrogens (tertiary/aromatic N) is 2. The van der Waals surface area contributed by atoms with Crippen LogP contribution in [0.4, 0.5) is 0 Å². The number of amides is 1. The molecular weight excluding hydrogens is 292 g/mol. The van der Waals surface area contributed by atoms with Crippen LogP contribution in [0.15, 0.2) is 24.3 Å². The van der Waals surface area contributed by atoms with Crippen LogP contribution >= 0.6 is 0 Å². The molecule has 2 atom stereocenters. The summed E-state index contributed by atoms with van der Waals surface area (Å²) in [5.74, 6) is 0.345. The molecule has 0 spiro atoms. The van der Waals surface area contributed by atoms with Gasteiger partial charge in [-0.25, -0.2) is 0 Å². The molecule has 0 unspecified atom stereocenters. The van der Waals surface area contributed by atoms with Crippen molar-refractivity contribution >= 4 is 11.9 Å². The highest BCUT2D eigenvalue weighted by atomic mass is 16.5. The van der Waals surface area contributed by atoms with E-state index >= 15 is 0 Å². The number of carbonyl (C=O) groups is 2. The average Bonchev–Trinajstić information content (AvgIpc) is 2.97. The van der Waals surface area contributed by atoms with Crippen LogP contribution in [0, 0.1) is 5.92 Å². The summed E-state index contributed by atoms with van der Waals surface area (Å²) in [6.07, 6.45) is 2.39. The van der Waals surface area contributed by atoms with Gasteiger partial charge in [-0.1, -0.05) is 18.2 Å². The number of fused-ring (bicyclic) bond motifs is 1. The fourth-order valence-electron chi connectivity index (χ4n) is 3.82. The van der Waals surface area contributed by atoms with E-state index < -0.39 is 0 Å². The molecule has 0 radical (unpaired) electrons. The van der Waals surface area contributed by atoms with Crippen molar-refractivity contribution in [1.82, 2.24) is 9.80 Å². The van der Waals surface area contributed by atoms with E-state index in [1.807, 2.05) is 29.2 Å². The summed E-state index contributed by atoms with van der Waals surface area (Å²) in [6.45, 7) is 2.87. The van der Waals surface area contributed by atoms with Gasteiger partial charge < -0.3 is 14.5 Å². The fraction of sp³-hybridized carbons (Fsp3) is 0.556. The summed E-state index contributed by atoms with van der Waals surface area (Å²) in [5.41, 5.74) is 1.38. The number of methoxy groups -OCH3 is 1. The zero-order valence-electron chi connectivity index (χ0n) is 13.8. The molecule has 2 aliphatic rings. The van der Waals surface area contributed by atoms with Gasteiger partial charge in [0.1, 0.15) is 0 Å². The van der Waals surface area contributed by atoms with Crippen molar-refractivity contribution in [1.29, 1.82) is 0 Å². The molecule has 0 aromatic heterocycles. The van der Waals surface area contributed by atoms with E-state index in [-0.39, 0.29) is 18.3 Å². The lowest BCUT2D eigenvalue weighted by Crippen LogP contribution is -2.48. The van der Waals surface area contributed by atoms with Crippen LogP contribution in [-0.2, 0) is 16.0 Å². The van der Waals surface area contributed by atoms with Gasteiger partial charge in [-0.05, 0) is 44.0 Å². The summed E-state index contributed by atoms with van der Waals surface area (Å²) < 4.78 is 4.74. The standard InChI is InChI=1S/C18H24N2O3/c1-19-9-7-13-8-10-20(16(13)12-19)18(22)15-6-4-3-5-14(15)11-17(21)23-2/h3-6,13,16H,7-12H2,1-2H3/t13-,16+/m0/s1. The minimum Gasteiger partial charge on any atom is -0.469 e. The molecule has 124 valence electrons. The lowest BCUT2D eigenvalue weighted by Gasteiger charge is -2.36. The number of piperidine rings is 1. The molecule has 1 aromatic rings. The van der Waals surface area contributed by atoms with Gasteiger partial charge in [0, 0.05) is 24.7 Å². The number of hydrogen-bond acceptors (Lipinski definition) is 4. The highest BCUT2D eigenvalue weighted by Gasteiger charge is 2.40. The molecule has 2 saturated heterocycles. The maximum Gasteiger partial charge on any atom is 0.310 e. The molecule has 2 fully saturated rings. The zero-order chi connectivity index (χ0) is 16.4. The van der Waals surface area contributed by atoms with E-state index in [4.69, 9.17) is 4.74 Å². The third-order valence-electron chi connectivity index (χ3n) is 5.14. The highest BCUT2D eigenvalue weighted by molar-refractivity contribution is 5.97. The first kappa shape index (κ1) is 16.0. The predicted octanol–water partition coefficient (Wildman–Crippen LogP) is 1.57. The molecule has 23 heavy (non-hydrogen) atoms. The number of rotatable bonds is 3. The molecular formula is C18H24N2O3. The van der Waals surface area contributed by atoms with Crippen LogP contribution in [0.1, 0.15) is 28.8 Å². The molecule has 5 heteroatoms. The predicted molar refractivity (Wildman–Crippen MR) is 87.2 cm³/mol. The number of likely N-dealkylation sites (tertiary alicyclic amines) is 2. The second kappa shape index (κ2) is 6.71. The molecule has 1 amide bonds. The van der Waals surface area contributed by atoms with Gasteiger partial charge >= 0.3 is 5.97 Å². The van der Waals surface area contributed by atoms with E-state index in [0.29, 0.717) is 17.5 Å². The Morgan fingerprint density at radius 3 is 2.74 bits per heavy atom. The highest BCUT2D eigenvalue weighted by Crippen LogP contribution is 2.32. The molecule has 0 saturated carbocycles. The van der Waals surface area contributed by atoms with Crippen LogP contribution < -0.4 is 0 Å². The monoisotopic (exact) mass is 316 g/mol. The fourth-order valence-corrected chi connectivity index (χ4v) is 3.82. The Balaban J connectivity index is 1.82. The van der Waals surface area contributed by atoms with Crippen LogP contribution in [0.25, 0.3) is 0 Å². The van der Waals surface area contributed by atoms with Crippen molar-refractivity contribution in [2.24, 2.45) is 5.92 Å². The maximum atomic E-state index is 13.1. The normalized spacial score (nSPS) is 24.3. The number of esters is 1. The van der Waals surface area contributed by atoms with E-state index in [1.165, 1.54) is 7.11 Å². The van der Waals surface area contributed by atoms with Crippen molar-refractivity contribution in [3.05, 3.63) is 35.4 Å². The van der Waals surface area contributed by atoms with Crippen LogP contribution in [0.2, 0.25) is 0 Å². The second-order valence-electron chi connectivity index (χ2n) is 6.58. The molecule has 1 aromatic carbocycles. The Kier molecular flexibility index (Phi) is 4.66. The third kappa shape index (κ3) is 3.24. The second-order valence-corrected chi connectivity index (χ2v) is 6.58. The molecule has 2 heterocycles. The zero-order valence-corrected chi connectivity index (χ0v) is 13.8. The minimum atomic E-state index is -0.318. The van der Waals surface area contributed by atoms with Gasteiger partial charge in [-0.3, -0.25) is 9.59 Å². The van der Waals surface area contributed by atoms with Crippen molar-refractivity contribution in [2.75, 3.05) is 33.8 Å². The van der Waals surface area contributed by atoms with Gasteiger partial charge in [0.15, 0.2) is 0 Å². The summed E-state index contributed by atoms with van der Waals surface area (Å²) in [5, 5.41) is 0. The molecule has 0 aliphatic carbocycles. The largest absolute Gasteiger partial charge is 0.469 e. The van der Waals surface area contributed by atoms with Crippen LogP contribution in [0.5, 0.6) is 0 Å². The van der Waals surface area contributed by atoms with Gasteiger partial charge in [0.25, 0.3) is 5.91 Å². The minimum absolute atomic E-state index is 0.0484. The first-order chi connectivity index (χ1) is 11.1. The lowest BCUT2D eigenvalue weighted by molar-refractivity contribution is -0.139.